The molecule has 0 aliphatic carbocycles. The summed E-state index contributed by atoms with van der Waals surface area (Å²) in [6.07, 6.45) is -0.283. The summed E-state index contributed by atoms with van der Waals surface area (Å²) in [7, 11) is 1.45. The molecule has 0 aromatic heterocycles. The summed E-state index contributed by atoms with van der Waals surface area (Å²) in [5.41, 5.74) is -0.177. The fourth-order valence-corrected chi connectivity index (χ4v) is 2.08. The highest BCUT2D eigenvalue weighted by atomic mass is 16.6. The van der Waals surface area contributed by atoms with E-state index in [4.69, 9.17) is 19.3 Å². The van der Waals surface area contributed by atoms with Gasteiger partial charge in [0.2, 0.25) is 5.75 Å². The molecule has 1 heterocycles. The highest BCUT2D eigenvalue weighted by Crippen LogP contribution is 2.32. The monoisotopic (exact) mass is 297 g/mol. The van der Waals surface area contributed by atoms with Crippen molar-refractivity contribution in [3.05, 3.63) is 28.3 Å². The van der Waals surface area contributed by atoms with E-state index in [9.17, 15) is 14.9 Å². The Morgan fingerprint density at radius 3 is 2.86 bits per heavy atom. The Bertz CT molecular complexity index is 545. The van der Waals surface area contributed by atoms with Crippen LogP contribution in [0, 0.1) is 10.1 Å². The van der Waals surface area contributed by atoms with Gasteiger partial charge in [0, 0.05) is 12.1 Å². The van der Waals surface area contributed by atoms with Crippen LogP contribution in [0.1, 0.15) is 12.8 Å². The van der Waals surface area contributed by atoms with Gasteiger partial charge in [-0.2, -0.15) is 0 Å². The first kappa shape index (κ1) is 15.0. The number of hydrogen-bond acceptors (Lipinski definition) is 6. The molecule has 0 spiro atoms. The molecule has 1 fully saturated rings. The fourth-order valence-electron chi connectivity index (χ4n) is 2.08. The summed E-state index contributed by atoms with van der Waals surface area (Å²) in [6.45, 7) is 0.0534. The Balaban J connectivity index is 2.02. The fraction of sp³-hybridized carbons (Fsp3) is 0.462. The average Bonchev–Trinajstić information content (AvgIpc) is 2.93. The van der Waals surface area contributed by atoms with E-state index >= 15 is 0 Å². The smallest absolute Gasteiger partial charge is 0.332 e. The summed E-state index contributed by atoms with van der Waals surface area (Å²) in [5, 5.41) is 19.8. The van der Waals surface area contributed by atoms with E-state index in [1.807, 2.05) is 0 Å². The molecule has 1 saturated heterocycles. The van der Waals surface area contributed by atoms with Crippen molar-refractivity contribution in [3.8, 4) is 11.5 Å². The number of aliphatic carboxylic acids is 1. The average molecular weight is 297 g/mol. The maximum absolute atomic E-state index is 10.9. The van der Waals surface area contributed by atoms with Gasteiger partial charge in [0.1, 0.15) is 12.4 Å². The number of carboxylic acids is 1. The molecule has 0 radical (unpaired) electrons. The topological polar surface area (TPSA) is 108 Å². The van der Waals surface area contributed by atoms with Gasteiger partial charge in [0.05, 0.1) is 18.1 Å². The zero-order valence-corrected chi connectivity index (χ0v) is 11.4. The lowest BCUT2D eigenvalue weighted by atomic mass is 10.2. The van der Waals surface area contributed by atoms with Crippen molar-refractivity contribution in [1.82, 2.24) is 0 Å². The number of carbonyl (C=O) groups is 1. The summed E-state index contributed by atoms with van der Waals surface area (Å²) >= 11 is 0. The van der Waals surface area contributed by atoms with Crippen molar-refractivity contribution in [1.29, 1.82) is 0 Å². The minimum absolute atomic E-state index is 0.0534. The number of hydrogen-bond donors (Lipinski definition) is 1. The van der Waals surface area contributed by atoms with Crippen LogP contribution in [0.5, 0.6) is 11.5 Å². The Morgan fingerprint density at radius 2 is 2.29 bits per heavy atom. The van der Waals surface area contributed by atoms with Gasteiger partial charge in [-0.3, -0.25) is 10.1 Å². The minimum Gasteiger partial charge on any atom is -0.497 e. The van der Waals surface area contributed by atoms with E-state index in [1.165, 1.54) is 25.3 Å². The normalized spacial score (nSPS) is 21.0. The van der Waals surface area contributed by atoms with Gasteiger partial charge in [-0.15, -0.1) is 0 Å². The zero-order chi connectivity index (χ0) is 15.4. The van der Waals surface area contributed by atoms with Gasteiger partial charge >= 0.3 is 11.7 Å². The van der Waals surface area contributed by atoms with Gasteiger partial charge in [-0.25, -0.2) is 4.79 Å². The van der Waals surface area contributed by atoms with E-state index in [2.05, 4.69) is 0 Å². The van der Waals surface area contributed by atoms with E-state index in [0.29, 0.717) is 18.6 Å². The second-order valence-electron chi connectivity index (χ2n) is 4.56. The van der Waals surface area contributed by atoms with Crippen LogP contribution < -0.4 is 9.47 Å². The molecule has 1 N–H and O–H groups in total. The number of nitrogens with zero attached hydrogens (tertiary/aromatic N) is 1. The van der Waals surface area contributed by atoms with Gasteiger partial charge in [-0.05, 0) is 18.9 Å². The van der Waals surface area contributed by atoms with Gasteiger partial charge in [0.15, 0.2) is 6.10 Å². The molecule has 2 unspecified atom stereocenters. The number of nitro groups is 1. The predicted molar refractivity (Wildman–Crippen MR) is 70.7 cm³/mol. The molecule has 1 aromatic rings. The third kappa shape index (κ3) is 3.60. The first-order valence-corrected chi connectivity index (χ1v) is 6.34. The van der Waals surface area contributed by atoms with Crippen LogP contribution >= 0.6 is 0 Å². The Labute approximate surface area is 120 Å². The van der Waals surface area contributed by atoms with E-state index in [-0.39, 0.29) is 18.0 Å². The van der Waals surface area contributed by atoms with Crippen molar-refractivity contribution >= 4 is 11.7 Å². The zero-order valence-electron chi connectivity index (χ0n) is 11.4. The van der Waals surface area contributed by atoms with E-state index < -0.39 is 23.1 Å². The van der Waals surface area contributed by atoms with Crippen LogP contribution in [0.4, 0.5) is 5.69 Å². The van der Waals surface area contributed by atoms with Crippen molar-refractivity contribution < 1.29 is 29.0 Å². The first-order chi connectivity index (χ1) is 10.0. The third-order valence-corrected chi connectivity index (χ3v) is 3.17. The van der Waals surface area contributed by atoms with Crippen molar-refractivity contribution in [3.63, 3.8) is 0 Å². The van der Waals surface area contributed by atoms with Gasteiger partial charge in [-0.1, -0.05) is 0 Å². The lowest BCUT2D eigenvalue weighted by Gasteiger charge is -2.13. The SMILES string of the molecule is COc1ccc([N+](=O)[O-])c(OCC2CCC(C(=O)O)O2)c1. The second-order valence-corrected chi connectivity index (χ2v) is 4.56. The lowest BCUT2D eigenvalue weighted by molar-refractivity contribution is -0.386. The lowest BCUT2D eigenvalue weighted by Crippen LogP contribution is -2.23. The first-order valence-electron chi connectivity index (χ1n) is 6.34. The molecule has 0 saturated carbocycles. The number of benzene rings is 1. The molecule has 0 bridgehead atoms. The van der Waals surface area contributed by atoms with Gasteiger partial charge in [0.25, 0.3) is 0 Å². The van der Waals surface area contributed by atoms with Crippen LogP contribution in [0.3, 0.4) is 0 Å². The van der Waals surface area contributed by atoms with E-state index in [1.54, 1.807) is 0 Å². The van der Waals surface area contributed by atoms with Crippen LogP contribution in [-0.2, 0) is 9.53 Å². The highest BCUT2D eigenvalue weighted by molar-refractivity contribution is 5.72. The van der Waals surface area contributed by atoms with Gasteiger partial charge < -0.3 is 19.3 Å². The third-order valence-electron chi connectivity index (χ3n) is 3.17. The number of rotatable bonds is 6. The molecule has 1 aliphatic heterocycles. The molecule has 0 amide bonds. The largest absolute Gasteiger partial charge is 0.497 e. The summed E-state index contributed by atoms with van der Waals surface area (Å²) in [4.78, 5) is 21.2. The van der Waals surface area contributed by atoms with Crippen molar-refractivity contribution in [2.24, 2.45) is 0 Å². The summed E-state index contributed by atoms with van der Waals surface area (Å²) < 4.78 is 15.7. The summed E-state index contributed by atoms with van der Waals surface area (Å²) in [5.74, 6) is -0.502. The van der Waals surface area contributed by atoms with Crippen molar-refractivity contribution in [2.75, 3.05) is 13.7 Å². The number of carboxylic acid groups (broad SMARTS) is 1. The van der Waals surface area contributed by atoms with Crippen molar-refractivity contribution in [2.45, 2.75) is 25.0 Å². The van der Waals surface area contributed by atoms with Crippen LogP contribution in [0.2, 0.25) is 0 Å². The molecule has 1 aliphatic rings. The highest BCUT2D eigenvalue weighted by Gasteiger charge is 2.31. The van der Waals surface area contributed by atoms with Crippen LogP contribution in [0.25, 0.3) is 0 Å². The quantitative estimate of drug-likeness (QED) is 0.627. The Kier molecular flexibility index (Phi) is 4.59. The Hall–Kier alpha value is -2.35. The molecular formula is C13H15NO7. The minimum atomic E-state index is -1.01. The second kappa shape index (κ2) is 6.40. The predicted octanol–water partition coefficient (Wildman–Crippen LogP) is 1.61. The number of methoxy groups -OCH3 is 1. The number of nitro benzene ring substituents is 1. The molecule has 21 heavy (non-hydrogen) atoms. The molecule has 2 atom stereocenters. The maximum atomic E-state index is 10.9. The maximum Gasteiger partial charge on any atom is 0.332 e. The number of ether oxygens (including phenoxy) is 3. The molecular weight excluding hydrogens is 282 g/mol. The molecule has 114 valence electrons. The van der Waals surface area contributed by atoms with Crippen LogP contribution in [0.15, 0.2) is 18.2 Å². The van der Waals surface area contributed by atoms with E-state index in [0.717, 1.165) is 0 Å². The molecule has 2 rings (SSSR count). The van der Waals surface area contributed by atoms with Crippen LogP contribution in [-0.4, -0.2) is 41.9 Å². The molecule has 8 heteroatoms. The summed E-state index contributed by atoms with van der Waals surface area (Å²) in [6, 6.07) is 4.18. The molecule has 8 nitrogen and oxygen atoms in total. The Morgan fingerprint density at radius 1 is 1.52 bits per heavy atom. The standard InChI is InChI=1S/C13H15NO7/c1-19-8-2-4-10(14(17)18)12(6-8)20-7-9-3-5-11(21-9)13(15)16/h2,4,6,9,11H,3,5,7H2,1H3,(H,15,16). The molecule has 1 aromatic carbocycles.